The van der Waals surface area contributed by atoms with Crippen LogP contribution in [0.2, 0.25) is 0 Å². The number of rotatable bonds is 7. The van der Waals surface area contributed by atoms with Crippen molar-refractivity contribution in [1.82, 2.24) is 4.90 Å². The summed E-state index contributed by atoms with van der Waals surface area (Å²) in [5, 5.41) is 10.1. The Morgan fingerprint density at radius 1 is 1.25 bits per heavy atom. The summed E-state index contributed by atoms with van der Waals surface area (Å²) < 4.78 is 0. The van der Waals surface area contributed by atoms with Crippen molar-refractivity contribution in [1.29, 1.82) is 0 Å². The summed E-state index contributed by atoms with van der Waals surface area (Å²) in [7, 11) is 2.19. The summed E-state index contributed by atoms with van der Waals surface area (Å²) in [6.07, 6.45) is 8.54. The summed E-state index contributed by atoms with van der Waals surface area (Å²) in [5.74, 6) is 0.882. The van der Waals surface area contributed by atoms with E-state index in [1.807, 2.05) is 0 Å². The molecule has 0 aliphatic heterocycles. The molecule has 16 heavy (non-hydrogen) atoms. The van der Waals surface area contributed by atoms with Crippen LogP contribution in [0.1, 0.15) is 58.8 Å². The molecule has 1 aliphatic rings. The van der Waals surface area contributed by atoms with E-state index in [1.165, 1.54) is 32.2 Å². The summed E-state index contributed by atoms with van der Waals surface area (Å²) in [5.41, 5.74) is 0. The van der Waals surface area contributed by atoms with Gasteiger partial charge in [-0.15, -0.1) is 0 Å². The van der Waals surface area contributed by atoms with E-state index in [9.17, 15) is 5.11 Å². The van der Waals surface area contributed by atoms with Crippen LogP contribution in [-0.4, -0.2) is 35.7 Å². The van der Waals surface area contributed by atoms with Crippen LogP contribution >= 0.6 is 0 Å². The lowest BCUT2D eigenvalue weighted by Gasteiger charge is -2.32. The molecule has 2 nitrogen and oxygen atoms in total. The zero-order valence-electron chi connectivity index (χ0n) is 11.3. The first-order valence-corrected chi connectivity index (χ1v) is 7.07. The highest BCUT2D eigenvalue weighted by molar-refractivity contribution is 4.79. The van der Waals surface area contributed by atoms with Crippen LogP contribution in [-0.2, 0) is 0 Å². The van der Waals surface area contributed by atoms with Crippen LogP contribution in [0, 0.1) is 5.92 Å². The molecule has 0 aromatic heterocycles. The Hall–Kier alpha value is -0.0800. The van der Waals surface area contributed by atoms with Crippen molar-refractivity contribution in [2.24, 2.45) is 5.92 Å². The Morgan fingerprint density at radius 2 is 1.88 bits per heavy atom. The minimum Gasteiger partial charge on any atom is -0.391 e. The molecule has 1 aliphatic carbocycles. The van der Waals surface area contributed by atoms with E-state index < -0.39 is 0 Å². The lowest BCUT2D eigenvalue weighted by atomic mass is 10.0. The lowest BCUT2D eigenvalue weighted by Crippen LogP contribution is -2.42. The normalized spacial score (nSPS) is 21.6. The van der Waals surface area contributed by atoms with Crippen molar-refractivity contribution in [3.8, 4) is 0 Å². The van der Waals surface area contributed by atoms with Gasteiger partial charge < -0.3 is 10.0 Å². The van der Waals surface area contributed by atoms with Crippen molar-refractivity contribution < 1.29 is 5.11 Å². The van der Waals surface area contributed by atoms with Gasteiger partial charge in [-0.1, -0.05) is 33.1 Å². The maximum Gasteiger partial charge on any atom is 0.0695 e. The van der Waals surface area contributed by atoms with Crippen LogP contribution in [0.25, 0.3) is 0 Å². The predicted molar refractivity (Wildman–Crippen MR) is 69.6 cm³/mol. The van der Waals surface area contributed by atoms with Gasteiger partial charge in [0.25, 0.3) is 0 Å². The maximum absolute atomic E-state index is 10.1. The Balaban J connectivity index is 2.37. The number of aliphatic hydroxyl groups excluding tert-OH is 1. The fraction of sp³-hybridized carbons (Fsp3) is 1.00. The van der Waals surface area contributed by atoms with Crippen molar-refractivity contribution in [3.63, 3.8) is 0 Å². The fourth-order valence-corrected chi connectivity index (χ4v) is 3.10. The van der Waals surface area contributed by atoms with Crippen LogP contribution in [0.5, 0.6) is 0 Å². The van der Waals surface area contributed by atoms with Gasteiger partial charge in [0.1, 0.15) is 0 Å². The van der Waals surface area contributed by atoms with Gasteiger partial charge in [0, 0.05) is 12.6 Å². The number of aliphatic hydroxyl groups is 1. The average molecular weight is 227 g/mol. The molecule has 2 atom stereocenters. The number of nitrogens with zero attached hydrogens (tertiary/aromatic N) is 1. The third-order valence-electron chi connectivity index (χ3n) is 4.03. The van der Waals surface area contributed by atoms with Crippen molar-refractivity contribution in [2.45, 2.75) is 70.9 Å². The van der Waals surface area contributed by atoms with E-state index >= 15 is 0 Å². The summed E-state index contributed by atoms with van der Waals surface area (Å²) >= 11 is 0. The molecule has 0 spiro atoms. The van der Waals surface area contributed by atoms with Crippen LogP contribution in [0.3, 0.4) is 0 Å². The van der Waals surface area contributed by atoms with E-state index in [2.05, 4.69) is 25.8 Å². The molecule has 1 rings (SSSR count). The van der Waals surface area contributed by atoms with Gasteiger partial charge in [-0.2, -0.15) is 0 Å². The van der Waals surface area contributed by atoms with E-state index in [-0.39, 0.29) is 6.10 Å². The van der Waals surface area contributed by atoms with Crippen molar-refractivity contribution in [3.05, 3.63) is 0 Å². The first kappa shape index (κ1) is 14.0. The Morgan fingerprint density at radius 3 is 2.38 bits per heavy atom. The van der Waals surface area contributed by atoms with E-state index in [4.69, 9.17) is 0 Å². The zero-order valence-corrected chi connectivity index (χ0v) is 11.3. The monoisotopic (exact) mass is 227 g/mol. The molecule has 2 heteroatoms. The first-order chi connectivity index (χ1) is 7.69. The second-order valence-electron chi connectivity index (χ2n) is 5.42. The number of hydrogen-bond donors (Lipinski definition) is 1. The highest BCUT2D eigenvalue weighted by Crippen LogP contribution is 2.26. The minimum atomic E-state index is -0.138. The van der Waals surface area contributed by atoms with Gasteiger partial charge >= 0.3 is 0 Å². The summed E-state index contributed by atoms with van der Waals surface area (Å²) in [6.45, 7) is 5.51. The topological polar surface area (TPSA) is 23.5 Å². The summed E-state index contributed by atoms with van der Waals surface area (Å²) in [6, 6.07) is 0.362. The fourth-order valence-electron chi connectivity index (χ4n) is 3.10. The molecule has 1 fully saturated rings. The highest BCUT2D eigenvalue weighted by Gasteiger charge is 2.24. The minimum absolute atomic E-state index is 0.138. The van der Waals surface area contributed by atoms with Gasteiger partial charge in [-0.25, -0.2) is 0 Å². The van der Waals surface area contributed by atoms with Gasteiger partial charge in [0.05, 0.1) is 6.10 Å². The second kappa shape index (κ2) is 7.29. The second-order valence-corrected chi connectivity index (χ2v) is 5.42. The van der Waals surface area contributed by atoms with Gasteiger partial charge in [-0.05, 0) is 38.6 Å². The third-order valence-corrected chi connectivity index (χ3v) is 4.03. The lowest BCUT2D eigenvalue weighted by molar-refractivity contribution is 0.0471. The Labute approximate surface area is 101 Å². The smallest absolute Gasteiger partial charge is 0.0695 e. The van der Waals surface area contributed by atoms with E-state index in [0.717, 1.165) is 25.2 Å². The molecule has 0 saturated heterocycles. The van der Waals surface area contributed by atoms with Crippen molar-refractivity contribution >= 4 is 0 Å². The average Bonchev–Trinajstić information content (AvgIpc) is 2.71. The molecule has 0 bridgehead atoms. The molecule has 0 aromatic rings. The molecule has 1 saturated carbocycles. The molecular weight excluding hydrogens is 198 g/mol. The SMILES string of the molecule is CCCC(O)C(CC)N(C)CC1CCCC1. The number of likely N-dealkylation sites (N-methyl/N-ethyl adjacent to an activating group) is 1. The standard InChI is InChI=1S/C14H29NO/c1-4-8-14(16)13(5-2)15(3)11-12-9-6-7-10-12/h12-14,16H,4-11H2,1-3H3. The summed E-state index contributed by atoms with van der Waals surface area (Å²) in [4.78, 5) is 2.40. The largest absolute Gasteiger partial charge is 0.391 e. The molecule has 1 N–H and O–H groups in total. The molecular formula is C14H29NO. The maximum atomic E-state index is 10.1. The molecule has 0 amide bonds. The van der Waals surface area contributed by atoms with Crippen LogP contribution < -0.4 is 0 Å². The molecule has 0 radical (unpaired) electrons. The van der Waals surface area contributed by atoms with Crippen molar-refractivity contribution in [2.75, 3.05) is 13.6 Å². The van der Waals surface area contributed by atoms with E-state index in [0.29, 0.717) is 6.04 Å². The zero-order chi connectivity index (χ0) is 12.0. The third kappa shape index (κ3) is 4.06. The van der Waals surface area contributed by atoms with Gasteiger partial charge in [0.2, 0.25) is 0 Å². The quantitative estimate of drug-likeness (QED) is 0.722. The molecule has 0 aromatic carbocycles. The molecule has 2 unspecified atom stereocenters. The predicted octanol–water partition coefficient (Wildman–Crippen LogP) is 3.05. The molecule has 96 valence electrons. The van der Waals surface area contributed by atoms with Gasteiger partial charge in [-0.3, -0.25) is 0 Å². The highest BCUT2D eigenvalue weighted by atomic mass is 16.3. The molecule has 0 heterocycles. The Kier molecular flexibility index (Phi) is 6.37. The van der Waals surface area contributed by atoms with E-state index in [1.54, 1.807) is 0 Å². The first-order valence-electron chi connectivity index (χ1n) is 7.07. The number of hydrogen-bond acceptors (Lipinski definition) is 2. The van der Waals surface area contributed by atoms with Crippen LogP contribution in [0.15, 0.2) is 0 Å². The van der Waals surface area contributed by atoms with Crippen LogP contribution in [0.4, 0.5) is 0 Å². The van der Waals surface area contributed by atoms with Gasteiger partial charge in [0.15, 0.2) is 0 Å². The Bertz CT molecular complexity index is 178.